The molecular formula is C15H18FIO4. The Bertz CT molecular complexity index is 512. The van der Waals surface area contributed by atoms with Gasteiger partial charge in [-0.05, 0) is 60.6 Å². The molecule has 0 amide bonds. The van der Waals surface area contributed by atoms with Crippen molar-refractivity contribution in [1.82, 2.24) is 0 Å². The first-order valence-electron chi connectivity index (χ1n) is 6.73. The lowest BCUT2D eigenvalue weighted by molar-refractivity contribution is -0.165. The van der Waals surface area contributed by atoms with Crippen molar-refractivity contribution in [3.05, 3.63) is 33.1 Å². The Labute approximate surface area is 137 Å². The fraction of sp³-hybridized carbons (Fsp3) is 0.467. The van der Waals surface area contributed by atoms with Crippen molar-refractivity contribution < 1.29 is 23.5 Å². The molecule has 0 aliphatic carbocycles. The summed E-state index contributed by atoms with van der Waals surface area (Å²) in [6.45, 7) is 5.24. The number of esters is 2. The molecule has 0 heterocycles. The second-order valence-corrected chi connectivity index (χ2v) is 5.49. The van der Waals surface area contributed by atoms with E-state index in [0.717, 1.165) is 0 Å². The van der Waals surface area contributed by atoms with Crippen LogP contribution in [0.4, 0.5) is 4.39 Å². The van der Waals surface area contributed by atoms with Crippen LogP contribution < -0.4 is 0 Å². The van der Waals surface area contributed by atoms with E-state index in [0.29, 0.717) is 3.57 Å². The van der Waals surface area contributed by atoms with Crippen LogP contribution in [0.2, 0.25) is 0 Å². The molecule has 0 radical (unpaired) electrons. The maximum absolute atomic E-state index is 13.8. The molecule has 1 aromatic rings. The zero-order valence-electron chi connectivity index (χ0n) is 12.2. The normalized spacial score (nSPS) is 11.1. The number of carbonyl (C=O) groups is 2. The van der Waals surface area contributed by atoms with Gasteiger partial charge < -0.3 is 9.47 Å². The van der Waals surface area contributed by atoms with Gasteiger partial charge in [0.15, 0.2) is 5.41 Å². The number of ether oxygens (including phenoxy) is 2. The molecule has 0 atom stereocenters. The molecular weight excluding hydrogens is 390 g/mol. The number of halogens is 2. The summed E-state index contributed by atoms with van der Waals surface area (Å²) in [5.74, 6) is -1.92. The summed E-state index contributed by atoms with van der Waals surface area (Å²) in [6, 6.07) is 4.27. The van der Waals surface area contributed by atoms with Gasteiger partial charge in [-0.3, -0.25) is 9.59 Å². The first-order chi connectivity index (χ1) is 9.93. The van der Waals surface area contributed by atoms with E-state index >= 15 is 0 Å². The largest absolute Gasteiger partial charge is 0.465 e. The van der Waals surface area contributed by atoms with Crippen LogP contribution in [0, 0.1) is 9.39 Å². The number of hydrogen-bond acceptors (Lipinski definition) is 4. The SMILES string of the molecule is CCOC(=O)C(CC)(C(=O)OCC)c1ccc(I)c(F)c1. The van der Waals surface area contributed by atoms with Gasteiger partial charge in [-0.2, -0.15) is 0 Å². The van der Waals surface area contributed by atoms with E-state index in [1.165, 1.54) is 12.1 Å². The van der Waals surface area contributed by atoms with Gasteiger partial charge in [0.25, 0.3) is 0 Å². The number of rotatable bonds is 6. The van der Waals surface area contributed by atoms with Crippen molar-refractivity contribution in [3.8, 4) is 0 Å². The van der Waals surface area contributed by atoms with Gasteiger partial charge in [-0.25, -0.2) is 4.39 Å². The second-order valence-electron chi connectivity index (χ2n) is 4.33. The van der Waals surface area contributed by atoms with Crippen molar-refractivity contribution in [2.45, 2.75) is 32.6 Å². The molecule has 0 saturated carbocycles. The van der Waals surface area contributed by atoms with Gasteiger partial charge in [0.1, 0.15) is 5.82 Å². The van der Waals surface area contributed by atoms with E-state index in [9.17, 15) is 14.0 Å². The lowest BCUT2D eigenvalue weighted by atomic mass is 9.78. The highest BCUT2D eigenvalue weighted by molar-refractivity contribution is 14.1. The summed E-state index contributed by atoms with van der Waals surface area (Å²) in [6.07, 6.45) is 0.130. The summed E-state index contributed by atoms with van der Waals surface area (Å²) in [5, 5.41) is 0. The summed E-state index contributed by atoms with van der Waals surface area (Å²) >= 11 is 1.84. The molecule has 0 N–H and O–H groups in total. The van der Waals surface area contributed by atoms with Gasteiger partial charge in [-0.1, -0.05) is 13.0 Å². The quantitative estimate of drug-likeness (QED) is 0.412. The number of carbonyl (C=O) groups excluding carboxylic acids is 2. The Kier molecular flexibility index (Phi) is 6.57. The van der Waals surface area contributed by atoms with Crippen LogP contribution in [0.5, 0.6) is 0 Å². The Balaban J connectivity index is 3.43. The van der Waals surface area contributed by atoms with Crippen LogP contribution in [0.15, 0.2) is 18.2 Å². The van der Waals surface area contributed by atoms with Crippen molar-refractivity contribution in [1.29, 1.82) is 0 Å². The van der Waals surface area contributed by atoms with Gasteiger partial charge in [0, 0.05) is 3.57 Å². The molecule has 0 fully saturated rings. The maximum Gasteiger partial charge on any atom is 0.328 e. The summed E-state index contributed by atoms with van der Waals surface area (Å²) in [4.78, 5) is 24.7. The fourth-order valence-corrected chi connectivity index (χ4v) is 2.42. The Morgan fingerprint density at radius 3 is 2.05 bits per heavy atom. The number of hydrogen-bond donors (Lipinski definition) is 0. The smallest absolute Gasteiger partial charge is 0.328 e. The lowest BCUT2D eigenvalue weighted by Gasteiger charge is -2.28. The Morgan fingerprint density at radius 1 is 1.14 bits per heavy atom. The highest BCUT2D eigenvalue weighted by atomic mass is 127. The first kappa shape index (κ1) is 17.9. The minimum absolute atomic E-state index is 0.130. The molecule has 0 aliphatic rings. The molecule has 0 spiro atoms. The third-order valence-electron chi connectivity index (χ3n) is 3.19. The molecule has 0 aromatic heterocycles. The van der Waals surface area contributed by atoms with E-state index in [1.807, 2.05) is 22.6 Å². The van der Waals surface area contributed by atoms with E-state index in [-0.39, 0.29) is 25.2 Å². The van der Waals surface area contributed by atoms with E-state index in [4.69, 9.17) is 9.47 Å². The highest BCUT2D eigenvalue weighted by Gasteiger charge is 2.49. The third-order valence-corrected chi connectivity index (χ3v) is 4.07. The van der Waals surface area contributed by atoms with Crippen molar-refractivity contribution in [3.63, 3.8) is 0 Å². The van der Waals surface area contributed by atoms with E-state index in [1.54, 1.807) is 26.8 Å². The van der Waals surface area contributed by atoms with Crippen LogP contribution in [-0.4, -0.2) is 25.2 Å². The molecule has 0 bridgehead atoms. The van der Waals surface area contributed by atoms with Crippen molar-refractivity contribution in [2.75, 3.05) is 13.2 Å². The van der Waals surface area contributed by atoms with Crippen LogP contribution in [0.3, 0.4) is 0 Å². The van der Waals surface area contributed by atoms with E-state index in [2.05, 4.69) is 0 Å². The molecule has 6 heteroatoms. The summed E-state index contributed by atoms with van der Waals surface area (Å²) in [5.41, 5.74) is -1.38. The lowest BCUT2D eigenvalue weighted by Crippen LogP contribution is -2.46. The predicted octanol–water partition coefficient (Wildman–Crippen LogP) is 3.20. The molecule has 1 rings (SSSR count). The van der Waals surface area contributed by atoms with E-state index < -0.39 is 23.2 Å². The third kappa shape index (κ3) is 3.53. The number of benzene rings is 1. The maximum atomic E-state index is 13.8. The van der Waals surface area contributed by atoms with Crippen LogP contribution in [0.25, 0.3) is 0 Å². The van der Waals surface area contributed by atoms with Crippen LogP contribution >= 0.6 is 22.6 Å². The Morgan fingerprint density at radius 2 is 1.67 bits per heavy atom. The van der Waals surface area contributed by atoms with Gasteiger partial charge in [-0.15, -0.1) is 0 Å². The average molecular weight is 408 g/mol. The minimum Gasteiger partial charge on any atom is -0.465 e. The summed E-state index contributed by atoms with van der Waals surface area (Å²) in [7, 11) is 0. The van der Waals surface area contributed by atoms with Crippen LogP contribution in [-0.2, 0) is 24.5 Å². The molecule has 0 saturated heterocycles. The zero-order valence-corrected chi connectivity index (χ0v) is 14.4. The van der Waals surface area contributed by atoms with Gasteiger partial charge in [0.05, 0.1) is 13.2 Å². The van der Waals surface area contributed by atoms with Gasteiger partial charge in [0.2, 0.25) is 0 Å². The van der Waals surface area contributed by atoms with Gasteiger partial charge >= 0.3 is 11.9 Å². The second kappa shape index (κ2) is 7.72. The van der Waals surface area contributed by atoms with Crippen molar-refractivity contribution in [2.24, 2.45) is 0 Å². The topological polar surface area (TPSA) is 52.6 Å². The Hall–Kier alpha value is -1.18. The standard InChI is InChI=1S/C15H18FIO4/c1-4-15(13(18)20-5-2,14(19)21-6-3)10-7-8-12(17)11(16)9-10/h7-9H,4-6H2,1-3H3. The zero-order chi connectivity index (χ0) is 16.0. The molecule has 21 heavy (non-hydrogen) atoms. The molecule has 0 aliphatic heterocycles. The summed E-state index contributed by atoms with van der Waals surface area (Å²) < 4.78 is 24.3. The minimum atomic E-state index is -1.63. The molecule has 1 aromatic carbocycles. The fourth-order valence-electron chi connectivity index (χ4n) is 2.08. The average Bonchev–Trinajstić information content (AvgIpc) is 2.44. The molecule has 0 unspecified atom stereocenters. The van der Waals surface area contributed by atoms with Crippen molar-refractivity contribution >= 4 is 34.5 Å². The van der Waals surface area contributed by atoms with Crippen LogP contribution in [0.1, 0.15) is 32.8 Å². The first-order valence-corrected chi connectivity index (χ1v) is 7.81. The predicted molar refractivity (Wildman–Crippen MR) is 84.4 cm³/mol. The molecule has 4 nitrogen and oxygen atoms in total. The highest BCUT2D eigenvalue weighted by Crippen LogP contribution is 2.33. The molecule has 116 valence electrons. The monoisotopic (exact) mass is 408 g/mol.